The summed E-state index contributed by atoms with van der Waals surface area (Å²) in [6, 6.07) is 6.87. The number of rotatable bonds is 5. The van der Waals surface area contributed by atoms with E-state index in [2.05, 4.69) is 20.6 Å². The first-order valence-electron chi connectivity index (χ1n) is 11.4. The van der Waals surface area contributed by atoms with Gasteiger partial charge in [-0.15, -0.1) is 0 Å². The van der Waals surface area contributed by atoms with Gasteiger partial charge in [0.05, 0.1) is 6.61 Å². The number of fused-ring (bicyclic) bond motifs is 1. The van der Waals surface area contributed by atoms with Crippen LogP contribution < -0.4 is 10.6 Å². The molecular weight excluding hydrogens is 438 g/mol. The summed E-state index contributed by atoms with van der Waals surface area (Å²) in [7, 11) is 0. The zero-order valence-corrected chi connectivity index (χ0v) is 18.5. The number of nitrogens with zero attached hydrogens (tertiary/aromatic N) is 3. The summed E-state index contributed by atoms with van der Waals surface area (Å²) >= 11 is 0. The molecule has 3 amide bonds. The van der Waals surface area contributed by atoms with Gasteiger partial charge in [0.2, 0.25) is 17.6 Å². The van der Waals surface area contributed by atoms with Crippen LogP contribution in [0.2, 0.25) is 0 Å². The van der Waals surface area contributed by atoms with Crippen LogP contribution in [0.3, 0.4) is 0 Å². The monoisotopic (exact) mass is 463 g/mol. The lowest BCUT2D eigenvalue weighted by Crippen LogP contribution is -2.49. The Bertz CT molecular complexity index is 1200. The van der Waals surface area contributed by atoms with Crippen LogP contribution in [0.5, 0.6) is 0 Å². The molecule has 176 valence electrons. The Labute approximate surface area is 195 Å². The van der Waals surface area contributed by atoms with Crippen molar-refractivity contribution < 1.29 is 23.5 Å². The molecule has 34 heavy (non-hydrogen) atoms. The Balaban J connectivity index is 1.30. The summed E-state index contributed by atoms with van der Waals surface area (Å²) in [5.74, 6) is -0.893. The van der Waals surface area contributed by atoms with Crippen LogP contribution in [0.25, 0.3) is 11.1 Å². The predicted octanol–water partition coefficient (Wildman–Crippen LogP) is 2.83. The number of anilines is 2. The summed E-state index contributed by atoms with van der Waals surface area (Å²) in [4.78, 5) is 48.4. The number of nitrogens with one attached hydrogen (secondary N) is 2. The molecule has 4 heterocycles. The van der Waals surface area contributed by atoms with Crippen molar-refractivity contribution >= 4 is 40.2 Å². The van der Waals surface area contributed by atoms with Gasteiger partial charge in [-0.3, -0.25) is 24.4 Å². The Morgan fingerprint density at radius 3 is 2.59 bits per heavy atom. The summed E-state index contributed by atoms with van der Waals surface area (Å²) in [6.07, 6.45) is 7.54. The number of carbonyl (C=O) groups is 3. The minimum Gasteiger partial charge on any atom is -0.447 e. The molecule has 0 bridgehead atoms. The number of aromatic nitrogens is 2. The van der Waals surface area contributed by atoms with Gasteiger partial charge in [-0.05, 0) is 49.9 Å². The van der Waals surface area contributed by atoms with Gasteiger partial charge < -0.3 is 24.7 Å². The number of carbonyl (C=O) groups excluding carboxylic acids is 3. The minimum atomic E-state index is -0.492. The van der Waals surface area contributed by atoms with E-state index in [1.807, 2.05) is 4.90 Å². The molecule has 5 rings (SSSR count). The highest BCUT2D eigenvalue weighted by Gasteiger charge is 2.34. The highest BCUT2D eigenvalue weighted by molar-refractivity contribution is 6.13. The van der Waals surface area contributed by atoms with Crippen LogP contribution in [0.4, 0.5) is 11.4 Å². The molecule has 2 fully saturated rings. The Morgan fingerprint density at radius 1 is 1.03 bits per heavy atom. The van der Waals surface area contributed by atoms with E-state index in [-0.39, 0.29) is 41.8 Å². The molecule has 0 spiro atoms. The van der Waals surface area contributed by atoms with Gasteiger partial charge in [-0.1, -0.05) is 0 Å². The highest BCUT2D eigenvalue weighted by atomic mass is 16.5. The Morgan fingerprint density at radius 2 is 1.82 bits per heavy atom. The van der Waals surface area contributed by atoms with E-state index in [1.54, 1.807) is 42.9 Å². The van der Waals surface area contributed by atoms with Gasteiger partial charge in [0.1, 0.15) is 17.8 Å². The first-order chi connectivity index (χ1) is 16.6. The second-order valence-electron chi connectivity index (χ2n) is 8.48. The van der Waals surface area contributed by atoms with Gasteiger partial charge in [-0.2, -0.15) is 0 Å². The lowest BCUT2D eigenvalue weighted by atomic mass is 9.84. The Hall–Kier alpha value is -3.79. The minimum absolute atomic E-state index is 0.00791. The fourth-order valence-corrected chi connectivity index (χ4v) is 4.62. The first kappa shape index (κ1) is 22.0. The third-order valence-corrected chi connectivity index (χ3v) is 6.37. The van der Waals surface area contributed by atoms with Gasteiger partial charge in [0.25, 0.3) is 5.91 Å². The summed E-state index contributed by atoms with van der Waals surface area (Å²) in [5, 5.41) is 5.66. The second kappa shape index (κ2) is 9.60. The second-order valence-corrected chi connectivity index (χ2v) is 8.48. The molecule has 1 saturated heterocycles. The van der Waals surface area contributed by atoms with Gasteiger partial charge in [0, 0.05) is 42.8 Å². The molecular formula is C24H25N5O5. The molecule has 1 saturated carbocycles. The average Bonchev–Trinajstić information content (AvgIpc) is 3.23. The van der Waals surface area contributed by atoms with Crippen molar-refractivity contribution in [2.75, 3.05) is 30.4 Å². The topological polar surface area (TPSA) is 127 Å². The standard InChI is InChI=1S/C24H25N5O5/c30-19-14-33-13-12-29(19)17-5-3-15(4-6-17)23(31)28-21-20-18(2-1-9-26-20)34-22(21)24(32)27-16-7-10-25-11-8-16/h1-2,7-11,15,17H,3-6,12-14H2,(H,28,31)(H,25,27,32). The van der Waals surface area contributed by atoms with E-state index in [4.69, 9.17) is 9.15 Å². The zero-order chi connectivity index (χ0) is 23.5. The molecule has 2 N–H and O–H groups in total. The molecule has 2 aliphatic rings. The molecule has 1 aliphatic heterocycles. The van der Waals surface area contributed by atoms with Crippen molar-refractivity contribution in [3.8, 4) is 0 Å². The lowest BCUT2D eigenvalue weighted by molar-refractivity contribution is -0.146. The number of furan rings is 1. The molecule has 10 heteroatoms. The van der Waals surface area contributed by atoms with Crippen molar-refractivity contribution in [2.24, 2.45) is 5.92 Å². The molecule has 3 aromatic rings. The number of hydrogen-bond acceptors (Lipinski definition) is 7. The van der Waals surface area contributed by atoms with Crippen molar-refractivity contribution in [3.05, 3.63) is 48.6 Å². The number of ether oxygens (including phenoxy) is 1. The molecule has 3 aromatic heterocycles. The molecule has 0 aromatic carbocycles. The molecule has 0 radical (unpaired) electrons. The summed E-state index contributed by atoms with van der Waals surface area (Å²) in [5.41, 5.74) is 1.65. The fraction of sp³-hybridized carbons (Fsp3) is 0.375. The average molecular weight is 463 g/mol. The summed E-state index contributed by atoms with van der Waals surface area (Å²) < 4.78 is 11.0. The lowest BCUT2D eigenvalue weighted by Gasteiger charge is -2.38. The SMILES string of the molecule is O=C(Nc1ccncc1)c1oc2cccnc2c1NC(=O)C1CCC(N2CCOCC2=O)CC1. The van der Waals surface area contributed by atoms with Crippen LogP contribution in [0, 0.1) is 5.92 Å². The van der Waals surface area contributed by atoms with Crippen molar-refractivity contribution in [1.82, 2.24) is 14.9 Å². The van der Waals surface area contributed by atoms with E-state index in [9.17, 15) is 14.4 Å². The quantitative estimate of drug-likeness (QED) is 0.596. The predicted molar refractivity (Wildman–Crippen MR) is 123 cm³/mol. The fourth-order valence-electron chi connectivity index (χ4n) is 4.62. The third kappa shape index (κ3) is 4.49. The van der Waals surface area contributed by atoms with Crippen LogP contribution in [-0.4, -0.2) is 58.4 Å². The van der Waals surface area contributed by atoms with Gasteiger partial charge in [0.15, 0.2) is 5.58 Å². The number of hydrogen-bond donors (Lipinski definition) is 2. The van der Waals surface area contributed by atoms with E-state index >= 15 is 0 Å². The largest absolute Gasteiger partial charge is 0.447 e. The first-order valence-corrected chi connectivity index (χ1v) is 11.4. The Kier molecular flexibility index (Phi) is 6.22. The number of pyridine rings is 2. The van der Waals surface area contributed by atoms with Gasteiger partial charge in [-0.25, -0.2) is 0 Å². The van der Waals surface area contributed by atoms with E-state index in [0.29, 0.717) is 42.8 Å². The molecule has 10 nitrogen and oxygen atoms in total. The van der Waals surface area contributed by atoms with Crippen molar-refractivity contribution in [3.63, 3.8) is 0 Å². The van der Waals surface area contributed by atoms with Gasteiger partial charge >= 0.3 is 0 Å². The maximum Gasteiger partial charge on any atom is 0.293 e. The van der Waals surface area contributed by atoms with Crippen LogP contribution in [-0.2, 0) is 14.3 Å². The molecule has 0 atom stereocenters. The maximum absolute atomic E-state index is 13.2. The normalized spacial score (nSPS) is 20.8. The van der Waals surface area contributed by atoms with Crippen molar-refractivity contribution in [1.29, 1.82) is 0 Å². The highest BCUT2D eigenvalue weighted by Crippen LogP contribution is 2.33. The van der Waals surface area contributed by atoms with E-state index in [1.165, 1.54) is 0 Å². The smallest absolute Gasteiger partial charge is 0.293 e. The van der Waals surface area contributed by atoms with Crippen LogP contribution >= 0.6 is 0 Å². The molecule has 1 aliphatic carbocycles. The maximum atomic E-state index is 13.2. The summed E-state index contributed by atoms with van der Waals surface area (Å²) in [6.45, 7) is 1.28. The third-order valence-electron chi connectivity index (χ3n) is 6.37. The van der Waals surface area contributed by atoms with Crippen LogP contribution in [0.1, 0.15) is 36.2 Å². The van der Waals surface area contributed by atoms with E-state index < -0.39 is 5.91 Å². The van der Waals surface area contributed by atoms with E-state index in [0.717, 1.165) is 12.8 Å². The zero-order valence-electron chi connectivity index (χ0n) is 18.5. The van der Waals surface area contributed by atoms with Crippen molar-refractivity contribution in [2.45, 2.75) is 31.7 Å². The number of morpholine rings is 1. The number of amides is 3. The van der Waals surface area contributed by atoms with Crippen LogP contribution in [0.15, 0.2) is 47.3 Å². The molecule has 0 unspecified atom stereocenters.